The molecule has 106 valence electrons. The Hall–Kier alpha value is -0.510. The molecule has 1 aromatic rings. The highest BCUT2D eigenvalue weighted by Gasteiger charge is 2.40. The first kappa shape index (κ1) is 14.9. The molecule has 2 unspecified atom stereocenters. The van der Waals surface area contributed by atoms with Crippen LogP contribution in [0.15, 0.2) is 24.3 Å². The third kappa shape index (κ3) is 2.69. The van der Waals surface area contributed by atoms with Crippen LogP contribution < -0.4 is 5.73 Å². The minimum absolute atomic E-state index is 0.0317. The first-order valence-corrected chi connectivity index (χ1v) is 8.55. The molecular formula is C16H26N2S. The normalized spacial score (nSPS) is 24.3. The topological polar surface area (TPSA) is 29.3 Å². The molecule has 0 aromatic heterocycles. The maximum Gasteiger partial charge on any atom is 0.0586 e. The van der Waals surface area contributed by atoms with Gasteiger partial charge in [-0.3, -0.25) is 4.90 Å². The van der Waals surface area contributed by atoms with E-state index in [1.54, 1.807) is 0 Å². The van der Waals surface area contributed by atoms with E-state index >= 15 is 0 Å². The van der Waals surface area contributed by atoms with Gasteiger partial charge in [-0.1, -0.05) is 24.3 Å². The lowest BCUT2D eigenvalue weighted by atomic mass is 9.75. The maximum atomic E-state index is 6.24. The number of benzene rings is 1. The average molecular weight is 278 g/mol. The second-order valence-corrected chi connectivity index (χ2v) is 6.57. The molecule has 19 heavy (non-hydrogen) atoms. The van der Waals surface area contributed by atoms with E-state index in [1.165, 1.54) is 30.4 Å². The first-order chi connectivity index (χ1) is 9.15. The number of nitrogens with two attached hydrogens (primary N) is 1. The Balaban J connectivity index is 2.38. The molecule has 1 aliphatic rings. The number of hydrogen-bond donors (Lipinski definition) is 1. The Morgan fingerprint density at radius 1 is 1.42 bits per heavy atom. The standard InChI is InChI=1S/C16H26N2S/c1-13(11-19-3)18(2)16(12-17)10-6-8-14-7-4-5-9-15(14)16/h4-5,7,9,13H,6,8,10-12,17H2,1-3H3. The molecule has 2 nitrogen and oxygen atoms in total. The number of hydrogen-bond acceptors (Lipinski definition) is 3. The van der Waals surface area contributed by atoms with Gasteiger partial charge in [0, 0.05) is 18.3 Å². The third-order valence-electron chi connectivity index (χ3n) is 4.64. The number of nitrogens with zero attached hydrogens (tertiary/aromatic N) is 1. The van der Waals surface area contributed by atoms with Gasteiger partial charge < -0.3 is 5.73 Å². The average Bonchev–Trinajstić information content (AvgIpc) is 2.46. The fourth-order valence-corrected chi connectivity index (χ4v) is 4.10. The molecular weight excluding hydrogens is 252 g/mol. The predicted molar refractivity (Wildman–Crippen MR) is 85.7 cm³/mol. The SMILES string of the molecule is CSCC(C)N(C)C1(CN)CCCc2ccccc21. The van der Waals surface area contributed by atoms with E-state index in [-0.39, 0.29) is 5.54 Å². The fourth-order valence-electron chi connectivity index (χ4n) is 3.40. The van der Waals surface area contributed by atoms with Gasteiger partial charge in [0.1, 0.15) is 0 Å². The largest absolute Gasteiger partial charge is 0.328 e. The van der Waals surface area contributed by atoms with Crippen molar-refractivity contribution in [1.29, 1.82) is 0 Å². The molecule has 0 saturated carbocycles. The highest BCUT2D eigenvalue weighted by atomic mass is 32.2. The van der Waals surface area contributed by atoms with Crippen molar-refractivity contribution in [3.05, 3.63) is 35.4 Å². The molecule has 0 saturated heterocycles. The predicted octanol–water partition coefficient (Wildman–Crippen LogP) is 2.86. The van der Waals surface area contributed by atoms with Crippen LogP contribution in [-0.4, -0.2) is 36.5 Å². The highest BCUT2D eigenvalue weighted by Crippen LogP contribution is 2.39. The van der Waals surface area contributed by atoms with Crippen molar-refractivity contribution in [1.82, 2.24) is 4.90 Å². The molecule has 2 N–H and O–H groups in total. The lowest BCUT2D eigenvalue weighted by molar-refractivity contribution is 0.0746. The van der Waals surface area contributed by atoms with Crippen molar-refractivity contribution >= 4 is 11.8 Å². The lowest BCUT2D eigenvalue weighted by Gasteiger charge is -2.48. The monoisotopic (exact) mass is 278 g/mol. The zero-order valence-corrected chi connectivity index (χ0v) is 13.2. The number of fused-ring (bicyclic) bond motifs is 1. The van der Waals surface area contributed by atoms with E-state index in [2.05, 4.69) is 49.4 Å². The van der Waals surface area contributed by atoms with Crippen molar-refractivity contribution in [2.75, 3.05) is 25.6 Å². The molecule has 0 spiro atoms. The molecule has 0 heterocycles. The summed E-state index contributed by atoms with van der Waals surface area (Å²) in [6, 6.07) is 9.40. The molecule has 0 fully saturated rings. The van der Waals surface area contributed by atoms with Crippen LogP contribution in [0, 0.1) is 0 Å². The number of rotatable bonds is 5. The molecule has 1 aromatic carbocycles. The van der Waals surface area contributed by atoms with Gasteiger partial charge in [0.15, 0.2) is 0 Å². The number of aryl methyl sites for hydroxylation is 1. The van der Waals surface area contributed by atoms with Crippen LogP contribution in [0.1, 0.15) is 30.9 Å². The first-order valence-electron chi connectivity index (χ1n) is 7.16. The van der Waals surface area contributed by atoms with Crippen LogP contribution in [0.5, 0.6) is 0 Å². The molecule has 0 bridgehead atoms. The Labute approximate surface area is 121 Å². The Morgan fingerprint density at radius 2 is 2.16 bits per heavy atom. The number of likely N-dealkylation sites (N-methyl/N-ethyl adjacent to an activating group) is 1. The fraction of sp³-hybridized carbons (Fsp3) is 0.625. The Kier molecular flexibility index (Phi) is 4.93. The summed E-state index contributed by atoms with van der Waals surface area (Å²) in [7, 11) is 2.25. The summed E-state index contributed by atoms with van der Waals surface area (Å²) in [6.07, 6.45) is 5.79. The molecule has 1 aliphatic carbocycles. The van der Waals surface area contributed by atoms with Crippen molar-refractivity contribution in [3.63, 3.8) is 0 Å². The van der Waals surface area contributed by atoms with E-state index in [9.17, 15) is 0 Å². The van der Waals surface area contributed by atoms with Crippen LogP contribution in [-0.2, 0) is 12.0 Å². The van der Waals surface area contributed by atoms with Gasteiger partial charge in [-0.15, -0.1) is 0 Å². The molecule has 0 amide bonds. The zero-order chi connectivity index (χ0) is 13.9. The Bertz CT molecular complexity index is 421. The van der Waals surface area contributed by atoms with Crippen LogP contribution in [0.2, 0.25) is 0 Å². The zero-order valence-electron chi connectivity index (χ0n) is 12.4. The summed E-state index contributed by atoms with van der Waals surface area (Å²) < 4.78 is 0. The van der Waals surface area contributed by atoms with Gasteiger partial charge >= 0.3 is 0 Å². The number of thioether (sulfide) groups is 1. The van der Waals surface area contributed by atoms with E-state index in [1.807, 2.05) is 11.8 Å². The molecule has 0 aliphatic heterocycles. The molecule has 2 rings (SSSR count). The smallest absolute Gasteiger partial charge is 0.0586 e. The second kappa shape index (κ2) is 6.29. The van der Waals surface area contributed by atoms with E-state index in [4.69, 9.17) is 5.73 Å². The van der Waals surface area contributed by atoms with Gasteiger partial charge in [-0.2, -0.15) is 11.8 Å². The summed E-state index contributed by atoms with van der Waals surface area (Å²) in [5.74, 6) is 1.15. The third-order valence-corrected chi connectivity index (χ3v) is 5.45. The minimum Gasteiger partial charge on any atom is -0.328 e. The van der Waals surface area contributed by atoms with Crippen molar-refractivity contribution in [2.45, 2.75) is 37.8 Å². The quantitative estimate of drug-likeness (QED) is 0.898. The summed E-state index contributed by atoms with van der Waals surface area (Å²) in [5, 5.41) is 0. The van der Waals surface area contributed by atoms with Crippen LogP contribution in [0.3, 0.4) is 0 Å². The maximum absolute atomic E-state index is 6.24. The van der Waals surface area contributed by atoms with Gasteiger partial charge in [0.05, 0.1) is 5.54 Å². The van der Waals surface area contributed by atoms with Gasteiger partial charge in [0.25, 0.3) is 0 Å². The lowest BCUT2D eigenvalue weighted by Crippen LogP contribution is -2.55. The van der Waals surface area contributed by atoms with Crippen LogP contribution >= 0.6 is 11.8 Å². The Morgan fingerprint density at radius 3 is 2.84 bits per heavy atom. The highest BCUT2D eigenvalue weighted by molar-refractivity contribution is 7.98. The summed E-state index contributed by atoms with van der Waals surface area (Å²) in [5.41, 5.74) is 9.22. The summed E-state index contributed by atoms with van der Waals surface area (Å²) >= 11 is 1.91. The van der Waals surface area contributed by atoms with Crippen LogP contribution in [0.25, 0.3) is 0 Å². The molecule has 2 atom stereocenters. The van der Waals surface area contributed by atoms with E-state index in [0.29, 0.717) is 12.6 Å². The molecule has 3 heteroatoms. The van der Waals surface area contributed by atoms with Gasteiger partial charge in [-0.05, 0) is 50.6 Å². The van der Waals surface area contributed by atoms with Crippen molar-refractivity contribution in [3.8, 4) is 0 Å². The minimum atomic E-state index is 0.0317. The molecule has 0 radical (unpaired) electrons. The summed E-state index contributed by atoms with van der Waals surface area (Å²) in [4.78, 5) is 2.52. The van der Waals surface area contributed by atoms with Gasteiger partial charge in [0.2, 0.25) is 0 Å². The van der Waals surface area contributed by atoms with E-state index in [0.717, 1.165) is 5.75 Å². The van der Waals surface area contributed by atoms with Gasteiger partial charge in [-0.25, -0.2) is 0 Å². The van der Waals surface area contributed by atoms with Crippen molar-refractivity contribution in [2.24, 2.45) is 5.73 Å². The van der Waals surface area contributed by atoms with Crippen LogP contribution in [0.4, 0.5) is 0 Å². The second-order valence-electron chi connectivity index (χ2n) is 5.66. The van der Waals surface area contributed by atoms with Crippen molar-refractivity contribution < 1.29 is 0 Å². The summed E-state index contributed by atoms with van der Waals surface area (Å²) in [6.45, 7) is 3.02. The van der Waals surface area contributed by atoms with E-state index < -0.39 is 0 Å².